The van der Waals surface area contributed by atoms with E-state index in [2.05, 4.69) is 25.8 Å². The van der Waals surface area contributed by atoms with E-state index in [4.69, 9.17) is 22.5 Å². The Morgan fingerprint density at radius 3 is 2.83 bits per heavy atom. The minimum atomic E-state index is -3.65. The van der Waals surface area contributed by atoms with Crippen molar-refractivity contribution in [1.29, 1.82) is 0 Å². The van der Waals surface area contributed by atoms with Crippen LogP contribution < -0.4 is 10.5 Å². The highest BCUT2D eigenvalue weighted by atomic mass is 79.9. The van der Waals surface area contributed by atoms with Gasteiger partial charge in [0.25, 0.3) is 0 Å². The van der Waals surface area contributed by atoms with Gasteiger partial charge in [-0.2, -0.15) is 0 Å². The van der Waals surface area contributed by atoms with Gasteiger partial charge in [0.2, 0.25) is 10.0 Å². The molecule has 0 radical (unpaired) electrons. The molecule has 10 heteroatoms. The molecule has 1 aromatic heterocycles. The summed E-state index contributed by atoms with van der Waals surface area (Å²) in [7, 11) is -3.65. The van der Waals surface area contributed by atoms with E-state index in [1.165, 1.54) is 6.07 Å². The number of amidine groups is 1. The molecule has 0 aliphatic carbocycles. The maximum absolute atomic E-state index is 12.0. The van der Waals surface area contributed by atoms with Gasteiger partial charge in [-0.25, -0.2) is 13.1 Å². The number of hydrogen-bond donors (Lipinski definition) is 3. The molecule has 102 valence electrons. The van der Waals surface area contributed by atoms with Crippen LogP contribution in [0.15, 0.2) is 19.2 Å². The zero-order chi connectivity index (χ0) is 13.9. The summed E-state index contributed by atoms with van der Waals surface area (Å²) in [6.45, 7) is 1.61. The molecular formula is C8H11BrClN3O3S2. The second-order valence-corrected chi connectivity index (χ2v) is 8.22. The van der Waals surface area contributed by atoms with E-state index in [1.807, 2.05) is 0 Å². The summed E-state index contributed by atoms with van der Waals surface area (Å²) in [5, 5.41) is 11.5. The van der Waals surface area contributed by atoms with E-state index >= 15 is 0 Å². The minimum absolute atomic E-state index is 0.0457. The smallest absolute Gasteiger partial charge is 0.250 e. The number of nitrogens with two attached hydrogens (primary N) is 1. The first-order valence-electron chi connectivity index (χ1n) is 4.70. The Kier molecular flexibility index (Phi) is 5.41. The summed E-state index contributed by atoms with van der Waals surface area (Å²) in [5.41, 5.74) is 5.30. The predicted octanol–water partition coefficient (Wildman–Crippen LogP) is 1.97. The van der Waals surface area contributed by atoms with Crippen molar-refractivity contribution in [3.05, 3.63) is 14.9 Å². The molecule has 1 atom stereocenters. The SMILES string of the molecule is CC(CC(N)=NO)NS(=O)(=O)c1cc(Cl)c(Br)s1. The first-order valence-corrected chi connectivity index (χ1v) is 8.17. The summed E-state index contributed by atoms with van der Waals surface area (Å²) in [6.07, 6.45) is 0.107. The lowest BCUT2D eigenvalue weighted by molar-refractivity contribution is 0.316. The van der Waals surface area contributed by atoms with E-state index in [1.54, 1.807) is 6.92 Å². The second-order valence-electron chi connectivity index (χ2n) is 3.50. The average molecular weight is 377 g/mol. The topological polar surface area (TPSA) is 105 Å². The Labute approximate surface area is 122 Å². The third-order valence-electron chi connectivity index (χ3n) is 1.89. The monoisotopic (exact) mass is 375 g/mol. The summed E-state index contributed by atoms with van der Waals surface area (Å²) in [5.74, 6) is -0.0457. The average Bonchev–Trinajstić information content (AvgIpc) is 2.59. The number of nitrogens with one attached hydrogen (secondary N) is 1. The lowest BCUT2D eigenvalue weighted by atomic mass is 10.2. The van der Waals surface area contributed by atoms with Gasteiger partial charge in [-0.3, -0.25) is 0 Å². The quantitative estimate of drug-likeness (QED) is 0.316. The zero-order valence-corrected chi connectivity index (χ0v) is 13.2. The molecule has 1 heterocycles. The summed E-state index contributed by atoms with van der Waals surface area (Å²) < 4.78 is 27.0. The summed E-state index contributed by atoms with van der Waals surface area (Å²) >= 11 is 9.94. The van der Waals surface area contributed by atoms with Gasteiger partial charge in [0.1, 0.15) is 10.0 Å². The number of oxime groups is 1. The van der Waals surface area contributed by atoms with Crippen LogP contribution in [0.1, 0.15) is 13.3 Å². The van der Waals surface area contributed by atoms with E-state index in [-0.39, 0.29) is 16.5 Å². The molecular weight excluding hydrogens is 366 g/mol. The highest BCUT2D eigenvalue weighted by Crippen LogP contribution is 2.34. The van der Waals surface area contributed by atoms with Gasteiger partial charge < -0.3 is 10.9 Å². The molecule has 1 unspecified atom stereocenters. The molecule has 0 amide bonds. The van der Waals surface area contributed by atoms with Crippen LogP contribution in [0, 0.1) is 0 Å². The fraction of sp³-hybridized carbons (Fsp3) is 0.375. The Morgan fingerprint density at radius 1 is 1.78 bits per heavy atom. The van der Waals surface area contributed by atoms with Crippen molar-refractivity contribution < 1.29 is 13.6 Å². The standard InChI is InChI=1S/C8H11BrClN3O3S2/c1-4(2-6(11)12-14)13-18(15,16)7-3-5(10)8(9)17-7/h3-4,13-14H,2H2,1H3,(H2,11,12). The molecule has 1 rings (SSSR count). The molecule has 0 aliphatic heterocycles. The van der Waals surface area contributed by atoms with E-state index < -0.39 is 16.1 Å². The van der Waals surface area contributed by atoms with Crippen molar-refractivity contribution in [1.82, 2.24) is 4.72 Å². The normalized spacial score (nSPS) is 14.7. The Hall–Kier alpha value is -0.350. The predicted molar refractivity (Wildman–Crippen MR) is 74.8 cm³/mol. The molecule has 0 aliphatic rings. The number of sulfonamides is 1. The second kappa shape index (κ2) is 6.20. The number of nitrogens with zero attached hydrogens (tertiary/aromatic N) is 1. The Bertz CT molecular complexity index is 538. The number of rotatable bonds is 5. The molecule has 6 nitrogen and oxygen atoms in total. The molecule has 18 heavy (non-hydrogen) atoms. The van der Waals surface area contributed by atoms with Crippen molar-refractivity contribution in [2.75, 3.05) is 0 Å². The fourth-order valence-electron chi connectivity index (χ4n) is 1.18. The van der Waals surface area contributed by atoms with Crippen LogP contribution in [-0.4, -0.2) is 25.5 Å². The molecule has 0 fully saturated rings. The lowest BCUT2D eigenvalue weighted by Gasteiger charge is -2.12. The van der Waals surface area contributed by atoms with Gasteiger partial charge >= 0.3 is 0 Å². The van der Waals surface area contributed by atoms with Gasteiger partial charge in [-0.15, -0.1) is 11.3 Å². The van der Waals surface area contributed by atoms with Crippen LogP contribution in [0.4, 0.5) is 0 Å². The maximum Gasteiger partial charge on any atom is 0.250 e. The van der Waals surface area contributed by atoms with Crippen molar-refractivity contribution >= 4 is 54.7 Å². The molecule has 0 saturated carbocycles. The van der Waals surface area contributed by atoms with Crippen LogP contribution in [0.3, 0.4) is 0 Å². The van der Waals surface area contributed by atoms with Crippen LogP contribution in [-0.2, 0) is 10.0 Å². The van der Waals surface area contributed by atoms with E-state index in [0.29, 0.717) is 8.81 Å². The molecule has 4 N–H and O–H groups in total. The van der Waals surface area contributed by atoms with Crippen LogP contribution in [0.2, 0.25) is 5.02 Å². The Balaban J connectivity index is 2.82. The first-order chi connectivity index (χ1) is 8.26. The fourth-order valence-corrected chi connectivity index (χ4v) is 4.84. The first kappa shape index (κ1) is 15.7. The lowest BCUT2D eigenvalue weighted by Crippen LogP contribution is -2.35. The third kappa shape index (κ3) is 4.09. The van der Waals surface area contributed by atoms with E-state index in [9.17, 15) is 8.42 Å². The molecule has 0 bridgehead atoms. The highest BCUT2D eigenvalue weighted by Gasteiger charge is 2.21. The number of thiophene rings is 1. The molecule has 0 aromatic carbocycles. The highest BCUT2D eigenvalue weighted by molar-refractivity contribution is 9.11. The molecule has 1 aromatic rings. The van der Waals surface area contributed by atoms with Crippen molar-refractivity contribution in [3.63, 3.8) is 0 Å². The van der Waals surface area contributed by atoms with Crippen LogP contribution >= 0.6 is 38.9 Å². The minimum Gasteiger partial charge on any atom is -0.409 e. The largest absolute Gasteiger partial charge is 0.409 e. The van der Waals surface area contributed by atoms with E-state index in [0.717, 1.165) is 11.3 Å². The van der Waals surface area contributed by atoms with Crippen LogP contribution in [0.25, 0.3) is 0 Å². The van der Waals surface area contributed by atoms with Gasteiger partial charge in [-0.05, 0) is 28.9 Å². The molecule has 0 saturated heterocycles. The zero-order valence-electron chi connectivity index (χ0n) is 9.22. The van der Waals surface area contributed by atoms with Gasteiger partial charge in [0, 0.05) is 12.5 Å². The van der Waals surface area contributed by atoms with Gasteiger partial charge in [0.15, 0.2) is 0 Å². The molecule has 0 spiro atoms. The van der Waals surface area contributed by atoms with Gasteiger partial charge in [0.05, 0.1) is 8.81 Å². The van der Waals surface area contributed by atoms with Crippen molar-refractivity contribution in [2.45, 2.75) is 23.6 Å². The van der Waals surface area contributed by atoms with Crippen molar-refractivity contribution in [3.8, 4) is 0 Å². The van der Waals surface area contributed by atoms with Gasteiger partial charge in [-0.1, -0.05) is 16.8 Å². The summed E-state index contributed by atoms with van der Waals surface area (Å²) in [6, 6.07) is 0.861. The Morgan fingerprint density at radius 2 is 2.39 bits per heavy atom. The summed E-state index contributed by atoms with van der Waals surface area (Å²) in [4.78, 5) is 0. The maximum atomic E-state index is 12.0. The number of hydrogen-bond acceptors (Lipinski definition) is 5. The third-order valence-corrected chi connectivity index (χ3v) is 6.43. The number of halogens is 2. The van der Waals surface area contributed by atoms with Crippen LogP contribution in [0.5, 0.6) is 0 Å². The van der Waals surface area contributed by atoms with Crippen molar-refractivity contribution in [2.24, 2.45) is 10.9 Å².